The summed E-state index contributed by atoms with van der Waals surface area (Å²) in [5, 5.41) is 11.8. The molecule has 7 nitrogen and oxygen atoms in total. The lowest BCUT2D eigenvalue weighted by Gasteiger charge is -2.26. The van der Waals surface area contributed by atoms with E-state index >= 15 is 0 Å². The Morgan fingerprint density at radius 2 is 1.81 bits per heavy atom. The van der Waals surface area contributed by atoms with Crippen LogP contribution >= 0.6 is 0 Å². The van der Waals surface area contributed by atoms with Crippen LogP contribution in [-0.2, 0) is 14.8 Å². The van der Waals surface area contributed by atoms with Gasteiger partial charge in [-0.25, -0.2) is 13.2 Å². The smallest absolute Gasteiger partial charge is 0.326 e. The fourth-order valence-electron chi connectivity index (χ4n) is 3.19. The number of benzene rings is 1. The standard InChI is InChI=1S/C19H28N2O5S/c1-13(2)11-17(19(23)24)20-18(22)16-12-15(8-7-14(16)3)27(25,26)21-9-5-4-6-10-21/h7-8,12-13,17H,4-6,9-11H2,1-3H3,(H,20,22)(H,23,24). The Balaban J connectivity index is 2.28. The number of piperidine rings is 1. The zero-order valence-corrected chi connectivity index (χ0v) is 16.9. The van der Waals surface area contributed by atoms with Gasteiger partial charge in [0.15, 0.2) is 0 Å². The van der Waals surface area contributed by atoms with Crippen molar-refractivity contribution in [3.8, 4) is 0 Å². The molecule has 0 saturated carbocycles. The van der Waals surface area contributed by atoms with E-state index in [2.05, 4.69) is 5.32 Å². The third-order valence-electron chi connectivity index (χ3n) is 4.72. The predicted molar refractivity (Wildman–Crippen MR) is 102 cm³/mol. The number of nitrogens with zero attached hydrogens (tertiary/aromatic N) is 1. The second kappa shape index (κ2) is 8.84. The van der Waals surface area contributed by atoms with Gasteiger partial charge < -0.3 is 10.4 Å². The molecule has 1 aromatic carbocycles. The molecule has 1 heterocycles. The average molecular weight is 397 g/mol. The first-order valence-electron chi connectivity index (χ1n) is 9.27. The molecule has 150 valence electrons. The van der Waals surface area contributed by atoms with Gasteiger partial charge in [0.05, 0.1) is 4.90 Å². The van der Waals surface area contributed by atoms with Crippen molar-refractivity contribution in [1.29, 1.82) is 0 Å². The maximum Gasteiger partial charge on any atom is 0.326 e. The van der Waals surface area contributed by atoms with Crippen molar-refractivity contribution in [3.63, 3.8) is 0 Å². The normalized spacial score (nSPS) is 16.9. The Morgan fingerprint density at radius 3 is 2.37 bits per heavy atom. The average Bonchev–Trinajstić information content (AvgIpc) is 2.61. The summed E-state index contributed by atoms with van der Waals surface area (Å²) in [7, 11) is -3.66. The number of aliphatic carboxylic acids is 1. The number of carboxylic acids is 1. The summed E-state index contributed by atoms with van der Waals surface area (Å²) in [6.45, 7) is 6.41. The van der Waals surface area contributed by atoms with E-state index in [1.165, 1.54) is 16.4 Å². The second-order valence-corrected chi connectivity index (χ2v) is 9.37. The first-order valence-corrected chi connectivity index (χ1v) is 10.7. The molecule has 1 aromatic rings. The molecule has 2 N–H and O–H groups in total. The van der Waals surface area contributed by atoms with Gasteiger partial charge in [0.25, 0.3) is 5.91 Å². The van der Waals surface area contributed by atoms with Crippen LogP contribution in [0.25, 0.3) is 0 Å². The number of sulfonamides is 1. The summed E-state index contributed by atoms with van der Waals surface area (Å²) in [5.74, 6) is -1.58. The van der Waals surface area contributed by atoms with Crippen LogP contribution in [0.15, 0.2) is 23.1 Å². The van der Waals surface area contributed by atoms with E-state index in [0.717, 1.165) is 19.3 Å². The van der Waals surface area contributed by atoms with Gasteiger partial charge >= 0.3 is 5.97 Å². The summed E-state index contributed by atoms with van der Waals surface area (Å²) in [4.78, 5) is 24.1. The Bertz CT molecular complexity index is 798. The minimum absolute atomic E-state index is 0.0656. The number of hydrogen-bond donors (Lipinski definition) is 2. The Hall–Kier alpha value is -1.93. The van der Waals surface area contributed by atoms with Gasteiger partial charge in [-0.05, 0) is 49.8 Å². The zero-order chi connectivity index (χ0) is 20.2. The van der Waals surface area contributed by atoms with Crippen molar-refractivity contribution in [2.45, 2.75) is 57.4 Å². The van der Waals surface area contributed by atoms with Crippen LogP contribution < -0.4 is 5.32 Å². The van der Waals surface area contributed by atoms with Crippen LogP contribution in [0.1, 0.15) is 55.5 Å². The van der Waals surface area contributed by atoms with Gasteiger partial charge in [0, 0.05) is 18.7 Å². The molecule has 0 aliphatic carbocycles. The molecule has 0 aromatic heterocycles. The number of rotatable bonds is 7. The van der Waals surface area contributed by atoms with E-state index in [1.807, 2.05) is 13.8 Å². The highest BCUT2D eigenvalue weighted by Gasteiger charge is 2.28. The van der Waals surface area contributed by atoms with Crippen LogP contribution in [0.5, 0.6) is 0 Å². The minimum atomic E-state index is -3.66. The van der Waals surface area contributed by atoms with Crippen molar-refractivity contribution < 1.29 is 23.1 Å². The van der Waals surface area contributed by atoms with Crippen LogP contribution in [0.4, 0.5) is 0 Å². The van der Waals surface area contributed by atoms with E-state index in [1.54, 1.807) is 13.0 Å². The highest BCUT2D eigenvalue weighted by atomic mass is 32.2. The van der Waals surface area contributed by atoms with Crippen LogP contribution in [0, 0.1) is 12.8 Å². The van der Waals surface area contributed by atoms with E-state index in [9.17, 15) is 23.1 Å². The van der Waals surface area contributed by atoms with E-state index < -0.39 is 27.9 Å². The summed E-state index contributed by atoms with van der Waals surface area (Å²) in [5.41, 5.74) is 0.780. The number of amides is 1. The van der Waals surface area contributed by atoms with Crippen molar-refractivity contribution in [1.82, 2.24) is 9.62 Å². The maximum absolute atomic E-state index is 12.8. The van der Waals surface area contributed by atoms with Crippen molar-refractivity contribution in [2.75, 3.05) is 13.1 Å². The van der Waals surface area contributed by atoms with Crippen molar-refractivity contribution >= 4 is 21.9 Å². The first kappa shape index (κ1) is 21.4. The number of carbonyl (C=O) groups excluding carboxylic acids is 1. The summed E-state index contributed by atoms with van der Waals surface area (Å²) < 4.78 is 27.1. The fourth-order valence-corrected chi connectivity index (χ4v) is 4.73. The van der Waals surface area contributed by atoms with Crippen molar-refractivity contribution in [3.05, 3.63) is 29.3 Å². The number of carboxylic acid groups (broad SMARTS) is 1. The Kier molecular flexibility index (Phi) is 7.00. The predicted octanol–water partition coefficient (Wildman–Crippen LogP) is 2.40. The van der Waals surface area contributed by atoms with E-state index in [4.69, 9.17) is 0 Å². The molecule has 1 amide bonds. The lowest BCUT2D eigenvalue weighted by molar-refractivity contribution is -0.139. The topological polar surface area (TPSA) is 104 Å². The van der Waals surface area contributed by atoms with E-state index in [0.29, 0.717) is 25.1 Å². The molecular formula is C19H28N2O5S. The quantitative estimate of drug-likeness (QED) is 0.736. The zero-order valence-electron chi connectivity index (χ0n) is 16.1. The molecule has 8 heteroatoms. The van der Waals surface area contributed by atoms with Crippen molar-refractivity contribution in [2.24, 2.45) is 5.92 Å². The third-order valence-corrected chi connectivity index (χ3v) is 6.61. The molecular weight excluding hydrogens is 368 g/mol. The molecule has 1 aliphatic heterocycles. The van der Waals surface area contributed by atoms with Gasteiger partial charge in [-0.1, -0.05) is 26.3 Å². The van der Waals surface area contributed by atoms with E-state index in [-0.39, 0.29) is 16.4 Å². The monoisotopic (exact) mass is 396 g/mol. The molecule has 1 fully saturated rings. The molecule has 1 aliphatic rings. The maximum atomic E-state index is 12.8. The van der Waals surface area contributed by atoms with Crippen LogP contribution in [-0.4, -0.2) is 48.8 Å². The minimum Gasteiger partial charge on any atom is -0.480 e. The molecule has 2 rings (SSSR count). The van der Waals surface area contributed by atoms with Gasteiger partial charge in [-0.2, -0.15) is 4.31 Å². The molecule has 1 unspecified atom stereocenters. The van der Waals surface area contributed by atoms with Crippen LogP contribution in [0.2, 0.25) is 0 Å². The largest absolute Gasteiger partial charge is 0.480 e. The number of carbonyl (C=O) groups is 2. The number of aryl methyl sites for hydroxylation is 1. The molecule has 1 saturated heterocycles. The van der Waals surface area contributed by atoms with Crippen LogP contribution in [0.3, 0.4) is 0 Å². The highest BCUT2D eigenvalue weighted by molar-refractivity contribution is 7.89. The Morgan fingerprint density at radius 1 is 1.19 bits per heavy atom. The Labute approximate surface area is 160 Å². The summed E-state index contributed by atoms with van der Waals surface area (Å²) in [6.07, 6.45) is 2.97. The summed E-state index contributed by atoms with van der Waals surface area (Å²) >= 11 is 0. The fraction of sp³-hybridized carbons (Fsp3) is 0.579. The molecule has 0 spiro atoms. The lowest BCUT2D eigenvalue weighted by atomic mass is 10.0. The molecule has 27 heavy (non-hydrogen) atoms. The van der Waals surface area contributed by atoms with Gasteiger partial charge in [-0.3, -0.25) is 4.79 Å². The lowest BCUT2D eigenvalue weighted by Crippen LogP contribution is -2.42. The second-order valence-electron chi connectivity index (χ2n) is 7.44. The van der Waals surface area contributed by atoms with Gasteiger partial charge in [0.1, 0.15) is 6.04 Å². The SMILES string of the molecule is Cc1ccc(S(=O)(=O)N2CCCCC2)cc1C(=O)NC(CC(C)C)C(=O)O. The molecule has 0 radical (unpaired) electrons. The number of hydrogen-bond acceptors (Lipinski definition) is 4. The number of nitrogens with one attached hydrogen (secondary N) is 1. The molecule has 1 atom stereocenters. The first-order chi connectivity index (χ1) is 12.6. The highest BCUT2D eigenvalue weighted by Crippen LogP contribution is 2.23. The van der Waals surface area contributed by atoms with Gasteiger partial charge in [0.2, 0.25) is 10.0 Å². The summed E-state index contributed by atoms with van der Waals surface area (Å²) in [6, 6.07) is 3.42. The third kappa shape index (κ3) is 5.29. The van der Waals surface area contributed by atoms with Gasteiger partial charge in [-0.15, -0.1) is 0 Å². The molecule has 0 bridgehead atoms.